The van der Waals surface area contributed by atoms with Crippen molar-refractivity contribution in [3.8, 4) is 44.5 Å². The van der Waals surface area contributed by atoms with Gasteiger partial charge in [-0.1, -0.05) is 194 Å². The molecule has 0 heterocycles. The zero-order chi connectivity index (χ0) is 48.7. The van der Waals surface area contributed by atoms with E-state index < -0.39 is 5.41 Å². The number of fused-ring (bicyclic) bond motifs is 13. The van der Waals surface area contributed by atoms with Gasteiger partial charge < -0.3 is 9.80 Å². The summed E-state index contributed by atoms with van der Waals surface area (Å²) in [5.74, 6) is 2.45. The quantitative estimate of drug-likeness (QED) is 0.142. The summed E-state index contributed by atoms with van der Waals surface area (Å²) in [5, 5.41) is 2.42. The van der Waals surface area contributed by atoms with Crippen LogP contribution in [0.1, 0.15) is 59.4 Å². The highest BCUT2D eigenvalue weighted by molar-refractivity contribution is 6.01. The van der Waals surface area contributed by atoms with Crippen molar-refractivity contribution in [2.45, 2.75) is 37.0 Å². The maximum Gasteiger partial charge on any atom is 0.0727 e. The second kappa shape index (κ2) is 17.2. The van der Waals surface area contributed by atoms with Crippen LogP contribution in [0, 0.1) is 11.8 Å². The van der Waals surface area contributed by atoms with Crippen LogP contribution >= 0.6 is 0 Å². The molecule has 2 heteroatoms. The Balaban J connectivity index is 0.929. The van der Waals surface area contributed by atoms with Gasteiger partial charge in [0.1, 0.15) is 0 Å². The topological polar surface area (TPSA) is 6.48 Å². The first-order valence-electron chi connectivity index (χ1n) is 26.7. The lowest BCUT2D eigenvalue weighted by Gasteiger charge is -2.34. The molecular weight excluding hydrogens is 893 g/mol. The van der Waals surface area contributed by atoms with Crippen molar-refractivity contribution in [3.63, 3.8) is 0 Å². The molecule has 352 valence electrons. The molecule has 2 bridgehead atoms. The molecule has 2 nitrogen and oxygen atoms in total. The normalized spacial score (nSPS) is 18.5. The maximum atomic E-state index is 2.53. The van der Waals surface area contributed by atoms with Crippen molar-refractivity contribution in [2.24, 2.45) is 11.8 Å². The van der Waals surface area contributed by atoms with Gasteiger partial charge in [-0.3, -0.25) is 0 Å². The van der Waals surface area contributed by atoms with Gasteiger partial charge in [-0.15, -0.1) is 0 Å². The molecule has 15 rings (SSSR count). The highest BCUT2D eigenvalue weighted by Gasteiger charge is 2.52. The van der Waals surface area contributed by atoms with Crippen LogP contribution in [0.3, 0.4) is 0 Å². The van der Waals surface area contributed by atoms with Crippen LogP contribution in [0.15, 0.2) is 261 Å². The van der Waals surface area contributed by atoms with Crippen molar-refractivity contribution in [1.82, 2.24) is 0 Å². The number of benzene rings is 11. The van der Waals surface area contributed by atoms with Gasteiger partial charge in [0.05, 0.1) is 11.1 Å². The second-order valence-corrected chi connectivity index (χ2v) is 21.2. The Kier molecular flexibility index (Phi) is 9.98. The first kappa shape index (κ1) is 42.9. The molecule has 1 spiro atoms. The minimum absolute atomic E-state index is 0.584. The van der Waals surface area contributed by atoms with Gasteiger partial charge in [0.2, 0.25) is 0 Å². The lowest BCUT2D eigenvalue weighted by atomic mass is 9.70. The second-order valence-electron chi connectivity index (χ2n) is 21.2. The van der Waals surface area contributed by atoms with E-state index in [-0.39, 0.29) is 0 Å². The summed E-state index contributed by atoms with van der Waals surface area (Å²) in [5.41, 5.74) is 22.9. The Morgan fingerprint density at radius 1 is 0.311 bits per heavy atom. The lowest BCUT2D eigenvalue weighted by molar-refractivity contribution is 0.420. The first-order chi connectivity index (χ1) is 36.7. The van der Waals surface area contributed by atoms with Crippen molar-refractivity contribution >= 4 is 44.9 Å². The van der Waals surface area contributed by atoms with E-state index in [1.807, 2.05) is 0 Å². The summed E-state index contributed by atoms with van der Waals surface area (Å²) < 4.78 is 0. The van der Waals surface area contributed by atoms with Gasteiger partial charge in [0.25, 0.3) is 0 Å². The van der Waals surface area contributed by atoms with Gasteiger partial charge in [-0.05, 0) is 187 Å². The van der Waals surface area contributed by atoms with Crippen LogP contribution in [-0.2, 0) is 5.41 Å². The molecule has 4 aliphatic rings. The fourth-order valence-corrected chi connectivity index (χ4v) is 14.1. The van der Waals surface area contributed by atoms with Crippen LogP contribution in [0.5, 0.6) is 0 Å². The Labute approximate surface area is 434 Å². The van der Waals surface area contributed by atoms with E-state index in [1.54, 1.807) is 0 Å². The molecule has 4 unspecified atom stereocenters. The fourth-order valence-electron chi connectivity index (χ4n) is 14.1. The highest BCUT2D eigenvalue weighted by Crippen LogP contribution is 2.64. The molecule has 11 aromatic rings. The van der Waals surface area contributed by atoms with E-state index in [2.05, 4.69) is 271 Å². The average Bonchev–Trinajstić information content (AvgIpc) is 4.25. The fraction of sp³-hybridized carbons (Fsp3) is 0.111. The van der Waals surface area contributed by atoms with Crippen molar-refractivity contribution < 1.29 is 0 Å². The van der Waals surface area contributed by atoms with E-state index >= 15 is 0 Å². The monoisotopic (exact) mass is 946 g/mol. The average molecular weight is 947 g/mol. The molecule has 2 saturated carbocycles. The third kappa shape index (κ3) is 6.71. The Morgan fingerprint density at radius 3 is 1.38 bits per heavy atom. The van der Waals surface area contributed by atoms with Gasteiger partial charge >= 0.3 is 0 Å². The molecule has 0 saturated heterocycles. The number of nitrogens with zero attached hydrogens (tertiary/aromatic N) is 2. The SMILES string of the molecule is c1ccc(-c2ccc(-c3cc4ccccc4cc3N(c3ccccc3)c3ccc4c(c3)C3(c5ccccc5-c5ccc(N(c6ccccc6)c6ccc(C7CC8CCC7C8)cc6)cc53)c3ccccc3-4)cc2)cc1. The summed E-state index contributed by atoms with van der Waals surface area (Å²) in [4.78, 5) is 4.98. The zero-order valence-corrected chi connectivity index (χ0v) is 41.3. The molecule has 4 atom stereocenters. The highest BCUT2D eigenvalue weighted by atomic mass is 15.1. The molecule has 4 aliphatic carbocycles. The van der Waals surface area contributed by atoms with Gasteiger partial charge in [-0.2, -0.15) is 0 Å². The first-order valence-corrected chi connectivity index (χ1v) is 26.7. The van der Waals surface area contributed by atoms with E-state index in [4.69, 9.17) is 0 Å². The van der Waals surface area contributed by atoms with Crippen LogP contribution < -0.4 is 9.80 Å². The van der Waals surface area contributed by atoms with E-state index in [1.165, 1.54) is 114 Å². The summed E-state index contributed by atoms with van der Waals surface area (Å²) in [6.07, 6.45) is 5.57. The molecular formula is C72H54N2. The minimum Gasteiger partial charge on any atom is -0.310 e. The Bertz CT molecular complexity index is 3900. The summed E-state index contributed by atoms with van der Waals surface area (Å²) in [7, 11) is 0. The van der Waals surface area contributed by atoms with Crippen LogP contribution in [0.2, 0.25) is 0 Å². The summed E-state index contributed by atoms with van der Waals surface area (Å²) in [6, 6.07) is 97.9. The third-order valence-corrected chi connectivity index (χ3v) is 17.3. The molecule has 0 aromatic heterocycles. The molecule has 0 amide bonds. The van der Waals surface area contributed by atoms with E-state index in [0.29, 0.717) is 5.92 Å². The standard InChI is InChI=1S/C72H54N2/c1-4-16-49(17-5-1)50-30-32-52(33-31-50)66-44-53-18-10-11-19-54(53)45-71(66)74(57-22-8-3-9-23-57)60-39-41-64-62-25-13-15-27-68(62)72(70(64)47-60)67-26-14-12-24-61(67)63-40-38-59(46-69(63)72)73(56-20-6-2-7-21-56)58-36-34-51(35-37-58)65-43-48-28-29-55(65)42-48/h1-27,30-41,44-48,55,65H,28-29,42-43H2. The molecule has 0 aliphatic heterocycles. The zero-order valence-electron chi connectivity index (χ0n) is 41.3. The Hall–Kier alpha value is -8.72. The molecule has 0 radical (unpaired) electrons. The van der Waals surface area contributed by atoms with Crippen LogP contribution in [0.4, 0.5) is 34.1 Å². The van der Waals surface area contributed by atoms with Gasteiger partial charge in [0.15, 0.2) is 0 Å². The predicted molar refractivity (Wildman–Crippen MR) is 309 cm³/mol. The van der Waals surface area contributed by atoms with Gasteiger partial charge in [-0.25, -0.2) is 0 Å². The molecule has 0 N–H and O–H groups in total. The van der Waals surface area contributed by atoms with Gasteiger partial charge in [0, 0.05) is 34.0 Å². The number of anilines is 6. The smallest absolute Gasteiger partial charge is 0.0727 e. The van der Waals surface area contributed by atoms with E-state index in [0.717, 1.165) is 40.3 Å². The van der Waals surface area contributed by atoms with Crippen LogP contribution in [-0.4, -0.2) is 0 Å². The minimum atomic E-state index is -0.584. The number of hydrogen-bond acceptors (Lipinski definition) is 2. The van der Waals surface area contributed by atoms with Crippen molar-refractivity contribution in [2.75, 3.05) is 9.80 Å². The van der Waals surface area contributed by atoms with Crippen molar-refractivity contribution in [1.29, 1.82) is 0 Å². The number of hydrogen-bond donors (Lipinski definition) is 0. The molecule has 11 aromatic carbocycles. The summed E-state index contributed by atoms with van der Waals surface area (Å²) in [6.45, 7) is 0. The largest absolute Gasteiger partial charge is 0.310 e. The molecule has 2 fully saturated rings. The predicted octanol–water partition coefficient (Wildman–Crippen LogP) is 19.4. The molecule has 74 heavy (non-hydrogen) atoms. The summed E-state index contributed by atoms with van der Waals surface area (Å²) >= 11 is 0. The van der Waals surface area contributed by atoms with E-state index in [9.17, 15) is 0 Å². The maximum absolute atomic E-state index is 2.53. The van der Waals surface area contributed by atoms with Crippen LogP contribution in [0.25, 0.3) is 55.3 Å². The van der Waals surface area contributed by atoms with Crippen molar-refractivity contribution in [3.05, 3.63) is 289 Å². The number of para-hydroxylation sites is 2. The number of rotatable bonds is 9. The Morgan fingerprint density at radius 2 is 0.784 bits per heavy atom. The third-order valence-electron chi connectivity index (χ3n) is 17.3. The lowest BCUT2D eigenvalue weighted by Crippen LogP contribution is -2.26.